The Morgan fingerprint density at radius 3 is 2.12 bits per heavy atom. The predicted molar refractivity (Wildman–Crippen MR) is 74.2 cm³/mol. The van der Waals surface area contributed by atoms with E-state index < -0.39 is 0 Å². The van der Waals surface area contributed by atoms with Gasteiger partial charge in [0.15, 0.2) is 0 Å². The number of rotatable bonds is 3. The van der Waals surface area contributed by atoms with Crippen molar-refractivity contribution in [3.8, 4) is 0 Å². The van der Waals surface area contributed by atoms with Gasteiger partial charge in [-0.3, -0.25) is 4.90 Å². The maximum absolute atomic E-state index is 6.01. The highest BCUT2D eigenvalue weighted by atomic mass is 35.5. The van der Waals surface area contributed by atoms with E-state index in [-0.39, 0.29) is 0 Å². The van der Waals surface area contributed by atoms with Gasteiger partial charge in [0.1, 0.15) is 0 Å². The Morgan fingerprint density at radius 2 is 1.59 bits per heavy atom. The standard InChI is InChI=1S/C12H17Cl2N3/c13-10-7-11(14)9-12(8-10)17-5-3-16(2-1-15)4-6-17/h7-9H,1-6,15H2. The third kappa shape index (κ3) is 3.49. The first-order chi connectivity index (χ1) is 8.19. The molecule has 0 aromatic heterocycles. The van der Waals surface area contributed by atoms with Gasteiger partial charge in [0.05, 0.1) is 0 Å². The van der Waals surface area contributed by atoms with Crippen LogP contribution >= 0.6 is 23.2 Å². The lowest BCUT2D eigenvalue weighted by Gasteiger charge is -2.36. The molecule has 1 aromatic rings. The normalized spacial score (nSPS) is 17.5. The van der Waals surface area contributed by atoms with Crippen LogP contribution in [0, 0.1) is 0 Å². The first-order valence-corrected chi connectivity index (χ1v) is 6.58. The van der Waals surface area contributed by atoms with Gasteiger partial charge in [-0.15, -0.1) is 0 Å². The van der Waals surface area contributed by atoms with E-state index in [0.29, 0.717) is 10.0 Å². The zero-order valence-corrected chi connectivity index (χ0v) is 11.2. The van der Waals surface area contributed by atoms with E-state index in [4.69, 9.17) is 28.9 Å². The Labute approximate surface area is 112 Å². The van der Waals surface area contributed by atoms with E-state index in [1.54, 1.807) is 6.07 Å². The minimum atomic E-state index is 0.692. The van der Waals surface area contributed by atoms with Crippen LogP contribution in [-0.4, -0.2) is 44.2 Å². The summed E-state index contributed by atoms with van der Waals surface area (Å²) in [7, 11) is 0. The SMILES string of the molecule is NCCN1CCN(c2cc(Cl)cc(Cl)c2)CC1. The summed E-state index contributed by atoms with van der Waals surface area (Å²) < 4.78 is 0. The number of nitrogens with zero attached hydrogens (tertiary/aromatic N) is 2. The molecule has 0 radical (unpaired) electrons. The molecule has 0 bridgehead atoms. The number of nitrogens with two attached hydrogens (primary N) is 1. The fraction of sp³-hybridized carbons (Fsp3) is 0.500. The summed E-state index contributed by atoms with van der Waals surface area (Å²) in [6, 6.07) is 5.69. The number of benzene rings is 1. The van der Waals surface area contributed by atoms with Gasteiger partial charge >= 0.3 is 0 Å². The first-order valence-electron chi connectivity index (χ1n) is 5.82. The molecule has 0 amide bonds. The Bertz CT molecular complexity index is 356. The van der Waals surface area contributed by atoms with Crippen LogP contribution in [0.1, 0.15) is 0 Å². The molecular formula is C12H17Cl2N3. The van der Waals surface area contributed by atoms with Gasteiger partial charge in [-0.2, -0.15) is 0 Å². The highest BCUT2D eigenvalue weighted by molar-refractivity contribution is 6.35. The lowest BCUT2D eigenvalue weighted by Crippen LogP contribution is -2.47. The lowest BCUT2D eigenvalue weighted by molar-refractivity contribution is 0.265. The van der Waals surface area contributed by atoms with E-state index in [0.717, 1.165) is 45.0 Å². The minimum absolute atomic E-state index is 0.692. The highest BCUT2D eigenvalue weighted by Crippen LogP contribution is 2.26. The van der Waals surface area contributed by atoms with Crippen molar-refractivity contribution in [3.63, 3.8) is 0 Å². The van der Waals surface area contributed by atoms with Crippen molar-refractivity contribution in [2.75, 3.05) is 44.2 Å². The van der Waals surface area contributed by atoms with Gasteiger partial charge in [0.2, 0.25) is 0 Å². The van der Waals surface area contributed by atoms with Gasteiger partial charge in [0.25, 0.3) is 0 Å². The monoisotopic (exact) mass is 273 g/mol. The Kier molecular flexibility index (Phi) is 4.51. The number of hydrogen-bond donors (Lipinski definition) is 1. The molecule has 2 N–H and O–H groups in total. The summed E-state index contributed by atoms with van der Waals surface area (Å²) in [5.41, 5.74) is 6.66. The van der Waals surface area contributed by atoms with Crippen molar-refractivity contribution < 1.29 is 0 Å². The molecule has 1 heterocycles. The van der Waals surface area contributed by atoms with Gasteiger partial charge in [-0.05, 0) is 18.2 Å². The summed E-state index contributed by atoms with van der Waals surface area (Å²) in [5, 5.41) is 1.38. The second-order valence-corrected chi connectivity index (χ2v) is 5.12. The smallest absolute Gasteiger partial charge is 0.0441 e. The van der Waals surface area contributed by atoms with Crippen molar-refractivity contribution in [2.24, 2.45) is 5.73 Å². The molecule has 1 fully saturated rings. The molecule has 0 saturated carbocycles. The number of anilines is 1. The van der Waals surface area contributed by atoms with Crippen molar-refractivity contribution in [1.82, 2.24) is 4.90 Å². The maximum Gasteiger partial charge on any atom is 0.0441 e. The van der Waals surface area contributed by atoms with E-state index in [1.165, 1.54) is 0 Å². The lowest BCUT2D eigenvalue weighted by atomic mass is 10.2. The predicted octanol–water partition coefficient (Wildman–Crippen LogP) is 2.07. The fourth-order valence-electron chi connectivity index (χ4n) is 2.13. The summed E-state index contributed by atoms with van der Waals surface area (Å²) in [5.74, 6) is 0. The maximum atomic E-state index is 6.01. The van der Waals surface area contributed by atoms with Crippen LogP contribution < -0.4 is 10.6 Å². The molecular weight excluding hydrogens is 257 g/mol. The van der Waals surface area contributed by atoms with Gasteiger partial charge in [-0.25, -0.2) is 0 Å². The van der Waals surface area contributed by atoms with Gasteiger partial charge in [0, 0.05) is 55.0 Å². The van der Waals surface area contributed by atoms with Gasteiger partial charge in [-0.1, -0.05) is 23.2 Å². The number of hydrogen-bond acceptors (Lipinski definition) is 3. The quantitative estimate of drug-likeness (QED) is 0.916. The molecule has 1 aliphatic heterocycles. The molecule has 5 heteroatoms. The van der Waals surface area contributed by atoms with Crippen LogP contribution in [0.2, 0.25) is 10.0 Å². The van der Waals surface area contributed by atoms with E-state index in [2.05, 4.69) is 9.80 Å². The summed E-state index contributed by atoms with van der Waals surface area (Å²) in [6.07, 6.45) is 0. The van der Waals surface area contributed by atoms with E-state index >= 15 is 0 Å². The number of piperazine rings is 1. The average molecular weight is 274 g/mol. The zero-order valence-electron chi connectivity index (χ0n) is 9.70. The zero-order chi connectivity index (χ0) is 12.3. The molecule has 17 heavy (non-hydrogen) atoms. The molecule has 0 spiro atoms. The fourth-order valence-corrected chi connectivity index (χ4v) is 2.65. The molecule has 0 aliphatic carbocycles. The number of halogens is 2. The largest absolute Gasteiger partial charge is 0.369 e. The van der Waals surface area contributed by atoms with Crippen LogP contribution in [0.5, 0.6) is 0 Å². The van der Waals surface area contributed by atoms with Crippen LogP contribution in [-0.2, 0) is 0 Å². The van der Waals surface area contributed by atoms with Crippen LogP contribution in [0.25, 0.3) is 0 Å². The van der Waals surface area contributed by atoms with Crippen LogP contribution in [0.15, 0.2) is 18.2 Å². The topological polar surface area (TPSA) is 32.5 Å². The molecule has 0 unspecified atom stereocenters. The summed E-state index contributed by atoms with van der Waals surface area (Å²) >= 11 is 12.0. The highest BCUT2D eigenvalue weighted by Gasteiger charge is 2.16. The Balaban J connectivity index is 2.00. The molecule has 3 nitrogen and oxygen atoms in total. The van der Waals surface area contributed by atoms with Crippen molar-refractivity contribution in [3.05, 3.63) is 28.2 Å². The van der Waals surface area contributed by atoms with Gasteiger partial charge < -0.3 is 10.6 Å². The second kappa shape index (κ2) is 5.91. The average Bonchev–Trinajstić information content (AvgIpc) is 2.29. The molecule has 2 rings (SSSR count). The third-order valence-electron chi connectivity index (χ3n) is 3.03. The Morgan fingerprint density at radius 1 is 1.00 bits per heavy atom. The molecule has 1 aromatic carbocycles. The molecule has 0 atom stereocenters. The van der Waals surface area contributed by atoms with Crippen LogP contribution in [0.3, 0.4) is 0 Å². The summed E-state index contributed by atoms with van der Waals surface area (Å²) in [4.78, 5) is 4.69. The summed E-state index contributed by atoms with van der Waals surface area (Å²) in [6.45, 7) is 5.78. The Hall–Kier alpha value is -0.480. The van der Waals surface area contributed by atoms with Crippen LogP contribution in [0.4, 0.5) is 5.69 Å². The van der Waals surface area contributed by atoms with E-state index in [1.807, 2.05) is 12.1 Å². The molecule has 94 valence electrons. The minimum Gasteiger partial charge on any atom is -0.369 e. The van der Waals surface area contributed by atoms with Crippen molar-refractivity contribution in [2.45, 2.75) is 0 Å². The first kappa shape index (κ1) is 13.0. The van der Waals surface area contributed by atoms with E-state index in [9.17, 15) is 0 Å². The van der Waals surface area contributed by atoms with Crippen molar-refractivity contribution in [1.29, 1.82) is 0 Å². The molecule has 1 aliphatic rings. The van der Waals surface area contributed by atoms with Crippen molar-refractivity contribution >= 4 is 28.9 Å². The second-order valence-electron chi connectivity index (χ2n) is 4.25. The third-order valence-corrected chi connectivity index (χ3v) is 3.47. The molecule has 1 saturated heterocycles.